The van der Waals surface area contributed by atoms with Gasteiger partial charge in [-0.2, -0.15) is 10.1 Å². The lowest BCUT2D eigenvalue weighted by Gasteiger charge is -2.03. The molecule has 17 nitrogen and oxygen atoms in total. The zero-order valence-electron chi connectivity index (χ0n) is 23.7. The first-order valence-corrected chi connectivity index (χ1v) is 15.0. The molecule has 0 aliphatic rings. The van der Waals surface area contributed by atoms with E-state index in [0.717, 1.165) is 0 Å². The summed E-state index contributed by atoms with van der Waals surface area (Å²) >= 11 is 0. The van der Waals surface area contributed by atoms with Crippen LogP contribution in [0.25, 0.3) is 33.4 Å². The molecule has 0 amide bonds. The number of aryl methyl sites for hydroxylation is 1. The van der Waals surface area contributed by atoms with Gasteiger partial charge in [0.1, 0.15) is 23.4 Å². The monoisotopic (exact) mass is 645 g/mol. The molecule has 4 aromatic heterocycles. The summed E-state index contributed by atoms with van der Waals surface area (Å²) in [7, 11) is -4.26. The van der Waals surface area contributed by atoms with Crippen LogP contribution in [-0.2, 0) is 25.9 Å². The number of esters is 1. The molecule has 18 heteroatoms. The molecule has 0 spiro atoms. The summed E-state index contributed by atoms with van der Waals surface area (Å²) in [6, 6.07) is 12.6. The van der Waals surface area contributed by atoms with E-state index in [1.165, 1.54) is 30.6 Å². The summed E-state index contributed by atoms with van der Waals surface area (Å²) in [5, 5.41) is 19.7. The highest BCUT2D eigenvalue weighted by Crippen LogP contribution is 2.32. The first-order valence-electron chi connectivity index (χ1n) is 13.5. The summed E-state index contributed by atoms with van der Waals surface area (Å²) < 4.78 is 47.3. The van der Waals surface area contributed by atoms with E-state index < -0.39 is 26.7 Å². The molecule has 0 unspecified atom stereocenters. The van der Waals surface area contributed by atoms with Crippen LogP contribution in [0.3, 0.4) is 0 Å². The van der Waals surface area contributed by atoms with E-state index in [-0.39, 0.29) is 41.3 Å². The molecule has 0 bridgehead atoms. The molecule has 234 valence electrons. The van der Waals surface area contributed by atoms with Crippen molar-refractivity contribution >= 4 is 49.8 Å². The fraction of sp³-hybridized carbons (Fsp3) is 0.179. The summed E-state index contributed by atoms with van der Waals surface area (Å²) in [6.45, 7) is -0.268. The summed E-state index contributed by atoms with van der Waals surface area (Å²) in [5.74, 6) is 4.34. The highest BCUT2D eigenvalue weighted by Gasteiger charge is 2.35. The van der Waals surface area contributed by atoms with Gasteiger partial charge < -0.3 is 30.6 Å². The summed E-state index contributed by atoms with van der Waals surface area (Å²) in [4.78, 5) is 24.5. The predicted molar refractivity (Wildman–Crippen MR) is 158 cm³/mol. The van der Waals surface area contributed by atoms with Crippen molar-refractivity contribution < 1.29 is 36.6 Å². The second-order valence-electron chi connectivity index (χ2n) is 9.53. The maximum atomic E-state index is 12.8. The minimum absolute atomic E-state index is 0.0481. The van der Waals surface area contributed by atoms with Crippen molar-refractivity contribution in [1.29, 1.82) is 0 Å². The zero-order valence-corrected chi connectivity index (χ0v) is 24.5. The molecule has 6 rings (SSSR count). The Morgan fingerprint density at radius 3 is 2.72 bits per heavy atom. The highest BCUT2D eigenvalue weighted by molar-refractivity contribution is 7.91. The molecule has 4 heterocycles. The van der Waals surface area contributed by atoms with E-state index in [4.69, 9.17) is 25.4 Å². The normalized spacial score (nSPS) is 11.4. The van der Waals surface area contributed by atoms with Crippen molar-refractivity contribution in [2.24, 2.45) is 0 Å². The van der Waals surface area contributed by atoms with E-state index in [9.17, 15) is 18.4 Å². The molecular formula is C28H23N9O8S. The van der Waals surface area contributed by atoms with E-state index in [1.807, 2.05) is 0 Å². The van der Waals surface area contributed by atoms with Crippen LogP contribution in [-0.4, -0.2) is 57.5 Å². The number of aromatic nitrogens is 7. The number of nitrogens with zero attached hydrogens (tertiary/aromatic N) is 7. The maximum Gasteiger partial charge on any atom is 0.415 e. The Kier molecular flexibility index (Phi) is 8.05. The second-order valence-corrected chi connectivity index (χ2v) is 11.4. The van der Waals surface area contributed by atoms with Crippen LogP contribution < -0.4 is 21.1 Å². The van der Waals surface area contributed by atoms with Gasteiger partial charge in [0.15, 0.2) is 24.4 Å². The molecule has 0 atom stereocenters. The van der Waals surface area contributed by atoms with E-state index in [1.54, 1.807) is 28.9 Å². The molecule has 2 aromatic carbocycles. The quantitative estimate of drug-likeness (QED) is 0.122. The summed E-state index contributed by atoms with van der Waals surface area (Å²) in [6.07, 6.45) is 1.76. The number of rotatable bonds is 10. The van der Waals surface area contributed by atoms with Gasteiger partial charge in [-0.15, -0.1) is 0 Å². The number of anilines is 2. The minimum atomic E-state index is -4.26. The van der Waals surface area contributed by atoms with Gasteiger partial charge in [-0.3, -0.25) is 9.42 Å². The van der Waals surface area contributed by atoms with Gasteiger partial charge in [-0.05, 0) is 41.7 Å². The Hall–Kier alpha value is -6.22. The van der Waals surface area contributed by atoms with Gasteiger partial charge in [-0.1, -0.05) is 30.0 Å². The minimum Gasteiger partial charge on any atom is -0.452 e. The number of sulfone groups is 1. The van der Waals surface area contributed by atoms with Crippen LogP contribution in [0.2, 0.25) is 0 Å². The third kappa shape index (κ3) is 5.94. The number of oxazole rings is 1. The number of carbonyl (C=O) groups is 1. The van der Waals surface area contributed by atoms with Gasteiger partial charge in [0.2, 0.25) is 0 Å². The average Bonchev–Trinajstić information content (AvgIpc) is 3.73. The van der Waals surface area contributed by atoms with Crippen molar-refractivity contribution in [1.82, 2.24) is 29.9 Å². The van der Waals surface area contributed by atoms with Crippen molar-refractivity contribution in [2.75, 3.05) is 24.7 Å². The first-order chi connectivity index (χ1) is 22.2. The molecule has 6 aromatic rings. The largest absolute Gasteiger partial charge is 0.452 e. The van der Waals surface area contributed by atoms with Crippen molar-refractivity contribution in [2.45, 2.75) is 29.3 Å². The lowest BCUT2D eigenvalue weighted by Crippen LogP contribution is -2.30. The number of hydrogen-bond acceptors (Lipinski definition) is 15. The fourth-order valence-corrected chi connectivity index (χ4v) is 5.78. The number of nitrogens with two attached hydrogens (primary N) is 2. The third-order valence-corrected chi connectivity index (χ3v) is 8.28. The van der Waals surface area contributed by atoms with E-state index >= 15 is 0 Å². The summed E-state index contributed by atoms with van der Waals surface area (Å²) in [5.41, 5.74) is 14.7. The smallest absolute Gasteiger partial charge is 0.415 e. The fourth-order valence-electron chi connectivity index (χ4n) is 4.49. The standard InChI is InChI=1S/C28H23N9O8S/c29-24-22-23(17-10-11-20-19(15-17)33-28(30)44-20)34-36(25(22)32-16-31-24)12-6-9-21(38)42-13-4-5-14-43-26-27(37(39)45-35-26)46(40,41)18-7-2-1-3-8-18/h1-3,7-8,10-11,15-16H,6,9,12-14H2,(H2,30,33)(H2,29,31,32). The maximum absolute atomic E-state index is 12.8. The van der Waals surface area contributed by atoms with Crippen molar-refractivity contribution in [3.8, 4) is 29.0 Å². The molecule has 0 aliphatic heterocycles. The molecule has 0 aliphatic carbocycles. The van der Waals surface area contributed by atoms with Crippen LogP contribution in [0.15, 0.2) is 73.8 Å². The highest BCUT2D eigenvalue weighted by atomic mass is 32.2. The Morgan fingerprint density at radius 2 is 1.89 bits per heavy atom. The van der Waals surface area contributed by atoms with Crippen LogP contribution in [0.5, 0.6) is 5.88 Å². The Balaban J connectivity index is 1.03. The lowest BCUT2D eigenvalue weighted by molar-refractivity contribution is -0.832. The van der Waals surface area contributed by atoms with Crippen molar-refractivity contribution in [3.05, 3.63) is 60.1 Å². The van der Waals surface area contributed by atoms with Gasteiger partial charge in [0.25, 0.3) is 15.9 Å². The molecule has 0 fully saturated rings. The number of fused-ring (bicyclic) bond motifs is 2. The molecule has 4 N–H and O–H groups in total. The molecule has 0 saturated carbocycles. The SMILES string of the molecule is Nc1nc2cc(-c3nn(CCCC(=O)OCC#CCOc4no[n+]([O-])c4S(=O)(=O)c4ccccc4)c4ncnc(N)c34)ccc2o1. The Bertz CT molecular complexity index is 2240. The molecule has 0 saturated heterocycles. The van der Waals surface area contributed by atoms with Gasteiger partial charge in [0, 0.05) is 18.5 Å². The molecule has 0 radical (unpaired) electrons. The Morgan fingerprint density at radius 1 is 1.09 bits per heavy atom. The van der Waals surface area contributed by atoms with Crippen LogP contribution >= 0.6 is 0 Å². The van der Waals surface area contributed by atoms with Gasteiger partial charge in [0.05, 0.1) is 15.4 Å². The van der Waals surface area contributed by atoms with Crippen LogP contribution in [0.1, 0.15) is 12.8 Å². The molecule has 46 heavy (non-hydrogen) atoms. The second kappa shape index (κ2) is 12.4. The number of carbonyl (C=O) groups excluding carboxylic acids is 1. The molecular weight excluding hydrogens is 622 g/mol. The number of hydrogen-bond donors (Lipinski definition) is 2. The van der Waals surface area contributed by atoms with Gasteiger partial charge in [-0.25, -0.2) is 23.1 Å². The number of benzene rings is 2. The van der Waals surface area contributed by atoms with Crippen LogP contribution in [0.4, 0.5) is 11.8 Å². The average molecular weight is 646 g/mol. The van der Waals surface area contributed by atoms with E-state index in [0.29, 0.717) is 46.4 Å². The Labute approximate surface area is 259 Å². The predicted octanol–water partition coefficient (Wildman–Crippen LogP) is 1.66. The number of ether oxygens (including phenoxy) is 2. The van der Waals surface area contributed by atoms with Crippen LogP contribution in [0, 0.1) is 17.0 Å². The zero-order chi connectivity index (χ0) is 32.3. The first kappa shape index (κ1) is 29.8. The van der Waals surface area contributed by atoms with Crippen molar-refractivity contribution in [3.63, 3.8) is 0 Å². The number of nitrogen functional groups attached to an aromatic ring is 2. The lowest BCUT2D eigenvalue weighted by atomic mass is 10.1. The third-order valence-electron chi connectivity index (χ3n) is 6.55. The topological polar surface area (TPSA) is 244 Å². The van der Waals surface area contributed by atoms with E-state index in [2.05, 4.69) is 41.7 Å². The van der Waals surface area contributed by atoms with Gasteiger partial charge >= 0.3 is 16.9 Å².